The van der Waals surface area contributed by atoms with Crippen LogP contribution in [-0.4, -0.2) is 22.7 Å². The van der Waals surface area contributed by atoms with Crippen molar-refractivity contribution in [1.29, 1.82) is 0 Å². The van der Waals surface area contributed by atoms with Gasteiger partial charge in [0, 0.05) is 19.0 Å². The van der Waals surface area contributed by atoms with Crippen LogP contribution < -0.4 is 5.32 Å². The summed E-state index contributed by atoms with van der Waals surface area (Å²) in [4.78, 5) is 4.32. The van der Waals surface area contributed by atoms with Gasteiger partial charge in [-0.05, 0) is 31.4 Å². The Bertz CT molecular complexity index is 499. The molecular formula is C12H15N3O2. The third kappa shape index (κ3) is 2.39. The fourth-order valence-corrected chi connectivity index (χ4v) is 1.72. The minimum absolute atomic E-state index is 0.536. The number of aromatic nitrogens is 2. The molecule has 5 heteroatoms. The lowest BCUT2D eigenvalue weighted by molar-refractivity contribution is 0.375. The lowest BCUT2D eigenvalue weighted by Gasteiger charge is -1.97. The third-order valence-corrected chi connectivity index (χ3v) is 2.88. The predicted octanol–water partition coefficient (Wildman–Crippen LogP) is 1.93. The smallest absolute Gasteiger partial charge is 0.238 e. The van der Waals surface area contributed by atoms with Crippen LogP contribution in [0.25, 0.3) is 11.6 Å². The van der Waals surface area contributed by atoms with E-state index in [1.165, 1.54) is 12.8 Å². The van der Waals surface area contributed by atoms with Gasteiger partial charge in [-0.25, -0.2) is 0 Å². The quantitative estimate of drug-likeness (QED) is 0.854. The van der Waals surface area contributed by atoms with Gasteiger partial charge in [0.2, 0.25) is 11.7 Å². The Balaban J connectivity index is 1.63. The normalized spacial score (nSPS) is 15.4. The van der Waals surface area contributed by atoms with Gasteiger partial charge in [0.15, 0.2) is 5.76 Å². The van der Waals surface area contributed by atoms with Crippen LogP contribution in [0.5, 0.6) is 0 Å². The van der Waals surface area contributed by atoms with Crippen LogP contribution in [0.3, 0.4) is 0 Å². The number of aryl methyl sites for hydroxylation is 1. The Kier molecular flexibility index (Phi) is 2.68. The summed E-state index contributed by atoms with van der Waals surface area (Å²) in [5, 5.41) is 7.33. The molecule has 1 aliphatic rings. The monoisotopic (exact) mass is 233 g/mol. The first-order valence-corrected chi connectivity index (χ1v) is 5.93. The number of nitrogens with one attached hydrogen (secondary N) is 1. The molecule has 1 N–H and O–H groups in total. The molecule has 0 atom stereocenters. The number of hydrogen-bond acceptors (Lipinski definition) is 5. The summed E-state index contributed by atoms with van der Waals surface area (Å²) >= 11 is 0. The highest BCUT2D eigenvalue weighted by Crippen LogP contribution is 2.21. The van der Waals surface area contributed by atoms with E-state index in [9.17, 15) is 0 Å². The third-order valence-electron chi connectivity index (χ3n) is 2.88. The maximum Gasteiger partial charge on any atom is 0.238 e. The van der Waals surface area contributed by atoms with Crippen molar-refractivity contribution < 1.29 is 8.94 Å². The minimum Gasteiger partial charge on any atom is -0.461 e. The second-order valence-corrected chi connectivity index (χ2v) is 4.42. The van der Waals surface area contributed by atoms with Crippen LogP contribution in [0.15, 0.2) is 21.3 Å². The molecule has 90 valence electrons. The summed E-state index contributed by atoms with van der Waals surface area (Å²) in [5.41, 5.74) is 1.02. The lowest BCUT2D eigenvalue weighted by atomic mass is 10.3. The van der Waals surface area contributed by atoms with Gasteiger partial charge >= 0.3 is 0 Å². The van der Waals surface area contributed by atoms with E-state index in [1.807, 2.05) is 13.0 Å². The fourth-order valence-electron chi connectivity index (χ4n) is 1.72. The van der Waals surface area contributed by atoms with Gasteiger partial charge in [-0.3, -0.25) is 0 Å². The first-order valence-electron chi connectivity index (χ1n) is 5.93. The zero-order valence-corrected chi connectivity index (χ0v) is 9.77. The molecule has 0 aromatic carbocycles. The highest BCUT2D eigenvalue weighted by Gasteiger charge is 2.20. The largest absolute Gasteiger partial charge is 0.461 e. The molecule has 0 amide bonds. The van der Waals surface area contributed by atoms with E-state index in [0.29, 0.717) is 23.5 Å². The van der Waals surface area contributed by atoms with Crippen molar-refractivity contribution >= 4 is 0 Å². The molecule has 0 unspecified atom stereocenters. The van der Waals surface area contributed by atoms with E-state index in [4.69, 9.17) is 8.94 Å². The van der Waals surface area contributed by atoms with E-state index < -0.39 is 0 Å². The molecular weight excluding hydrogens is 218 g/mol. The van der Waals surface area contributed by atoms with Gasteiger partial charge in [0.05, 0.1) is 6.26 Å². The van der Waals surface area contributed by atoms with E-state index >= 15 is 0 Å². The van der Waals surface area contributed by atoms with Gasteiger partial charge in [0.25, 0.3) is 0 Å². The van der Waals surface area contributed by atoms with Crippen molar-refractivity contribution in [3.05, 3.63) is 23.8 Å². The Morgan fingerprint density at radius 1 is 1.47 bits per heavy atom. The highest BCUT2D eigenvalue weighted by atomic mass is 16.5. The Labute approximate surface area is 99.2 Å². The average molecular weight is 233 g/mol. The van der Waals surface area contributed by atoms with Crippen LogP contribution in [0, 0.1) is 6.92 Å². The summed E-state index contributed by atoms with van der Waals surface area (Å²) in [6.45, 7) is 2.85. The number of furan rings is 1. The van der Waals surface area contributed by atoms with Gasteiger partial charge in [0.1, 0.15) is 0 Å². The van der Waals surface area contributed by atoms with Crippen LogP contribution in [-0.2, 0) is 6.42 Å². The molecule has 5 nitrogen and oxygen atoms in total. The lowest BCUT2D eigenvalue weighted by Crippen LogP contribution is -2.19. The van der Waals surface area contributed by atoms with Gasteiger partial charge in [-0.1, -0.05) is 5.16 Å². The molecule has 3 rings (SSSR count). The standard InChI is InChI=1S/C12H15N3O2/c1-8-5-7-16-11(8)12-14-10(17-15-12)4-6-13-9-2-3-9/h5,7,9,13H,2-4,6H2,1H3. The van der Waals surface area contributed by atoms with Gasteiger partial charge in [-0.15, -0.1) is 0 Å². The Hall–Kier alpha value is -1.62. The zero-order chi connectivity index (χ0) is 11.7. The average Bonchev–Trinajstić information content (AvgIpc) is 2.85. The van der Waals surface area contributed by atoms with Crippen molar-refractivity contribution in [3.8, 4) is 11.6 Å². The van der Waals surface area contributed by atoms with Crippen LogP contribution >= 0.6 is 0 Å². The second-order valence-electron chi connectivity index (χ2n) is 4.42. The van der Waals surface area contributed by atoms with Crippen molar-refractivity contribution in [3.63, 3.8) is 0 Å². The summed E-state index contributed by atoms with van der Waals surface area (Å²) in [5.74, 6) is 1.88. The molecule has 1 fully saturated rings. The van der Waals surface area contributed by atoms with Gasteiger partial charge < -0.3 is 14.3 Å². The van der Waals surface area contributed by atoms with Gasteiger partial charge in [-0.2, -0.15) is 4.98 Å². The van der Waals surface area contributed by atoms with Crippen LogP contribution in [0.4, 0.5) is 0 Å². The molecule has 17 heavy (non-hydrogen) atoms. The highest BCUT2D eigenvalue weighted by molar-refractivity contribution is 5.50. The Morgan fingerprint density at radius 2 is 2.35 bits per heavy atom. The zero-order valence-electron chi connectivity index (χ0n) is 9.77. The van der Waals surface area contributed by atoms with E-state index in [-0.39, 0.29) is 0 Å². The first kappa shape index (κ1) is 10.5. The molecule has 1 saturated carbocycles. The van der Waals surface area contributed by atoms with Crippen LogP contribution in [0.2, 0.25) is 0 Å². The molecule has 0 saturated heterocycles. The molecule has 1 aliphatic carbocycles. The van der Waals surface area contributed by atoms with E-state index in [0.717, 1.165) is 18.5 Å². The summed E-state index contributed by atoms with van der Waals surface area (Å²) in [6, 6.07) is 2.60. The van der Waals surface area contributed by atoms with Crippen molar-refractivity contribution in [1.82, 2.24) is 15.5 Å². The molecule has 0 radical (unpaired) electrons. The molecule has 0 aliphatic heterocycles. The first-order chi connectivity index (χ1) is 8.33. The molecule has 0 bridgehead atoms. The van der Waals surface area contributed by atoms with E-state index in [2.05, 4.69) is 15.5 Å². The SMILES string of the molecule is Cc1ccoc1-c1noc(CCNC2CC2)n1. The minimum atomic E-state index is 0.536. The predicted molar refractivity (Wildman–Crippen MR) is 61.5 cm³/mol. The maximum atomic E-state index is 5.32. The molecule has 0 spiro atoms. The number of nitrogens with zero attached hydrogens (tertiary/aromatic N) is 2. The van der Waals surface area contributed by atoms with Crippen LogP contribution in [0.1, 0.15) is 24.3 Å². The summed E-state index contributed by atoms with van der Waals surface area (Å²) in [6.07, 6.45) is 4.99. The topological polar surface area (TPSA) is 64.1 Å². The summed E-state index contributed by atoms with van der Waals surface area (Å²) in [7, 11) is 0. The maximum absolute atomic E-state index is 5.32. The van der Waals surface area contributed by atoms with Crippen molar-refractivity contribution in [2.75, 3.05) is 6.54 Å². The number of hydrogen-bond donors (Lipinski definition) is 1. The molecule has 2 heterocycles. The fraction of sp³-hybridized carbons (Fsp3) is 0.500. The van der Waals surface area contributed by atoms with Crippen molar-refractivity contribution in [2.24, 2.45) is 0 Å². The van der Waals surface area contributed by atoms with Crippen molar-refractivity contribution in [2.45, 2.75) is 32.2 Å². The summed E-state index contributed by atoms with van der Waals surface area (Å²) < 4.78 is 10.5. The second kappa shape index (κ2) is 4.33. The Morgan fingerprint density at radius 3 is 3.06 bits per heavy atom. The number of rotatable bonds is 5. The van der Waals surface area contributed by atoms with E-state index in [1.54, 1.807) is 6.26 Å². The molecule has 2 aromatic rings. The molecule has 2 aromatic heterocycles.